The summed E-state index contributed by atoms with van der Waals surface area (Å²) in [5.41, 5.74) is -2.95. The summed E-state index contributed by atoms with van der Waals surface area (Å²) in [6.45, 7) is 33.3. The molecular weight excluding hydrogens is 1790 g/mol. The average molecular weight is 1940 g/mol. The van der Waals surface area contributed by atoms with Crippen LogP contribution in [-0.2, 0) is 117 Å². The van der Waals surface area contributed by atoms with E-state index in [1.54, 1.807) is 71.9 Å². The molecule has 0 aromatic heterocycles. The average Bonchev–Trinajstić information content (AvgIpc) is 1.76. The lowest BCUT2D eigenvalue weighted by atomic mass is 9.95. The maximum absolute atomic E-state index is 14.7. The fraction of sp³-hybridized carbons (Fsp3) is 0.692. The molecule has 770 valence electrons. The molecule has 2 rings (SSSR count). The molecule has 1 aromatic carbocycles. The van der Waals surface area contributed by atoms with Crippen molar-refractivity contribution in [3.63, 3.8) is 0 Å². The van der Waals surface area contributed by atoms with Gasteiger partial charge in [-0.2, -0.15) is 0 Å². The molecule has 12 atom stereocenters. The zero-order valence-corrected chi connectivity index (χ0v) is 84.0. The Hall–Kier alpha value is -12.5. The molecule has 1 saturated heterocycles. The third kappa shape index (κ3) is 38.9. The van der Waals surface area contributed by atoms with E-state index in [0.717, 1.165) is 12.7 Å². The number of ether oxygens (including phenoxy) is 1. The lowest BCUT2D eigenvalue weighted by molar-refractivity contribution is -0.146. The lowest BCUT2D eigenvalue weighted by Crippen LogP contribution is -2.68. The van der Waals surface area contributed by atoms with E-state index in [9.17, 15) is 116 Å². The predicted octanol–water partition coefficient (Wildman–Crippen LogP) is -4.11. The number of carbonyl (C=O) groups excluding carboxylic acids is 22. The molecule has 0 saturated carbocycles. The van der Waals surface area contributed by atoms with E-state index in [-0.39, 0.29) is 76.2 Å². The number of hydrogen-bond donors (Lipinski definition) is 22. The molecule has 1 aliphatic rings. The summed E-state index contributed by atoms with van der Waals surface area (Å²) < 4.78 is 4.80. The van der Waals surface area contributed by atoms with Gasteiger partial charge in [-0.25, -0.2) is 0 Å². The van der Waals surface area contributed by atoms with Gasteiger partial charge in [0.25, 0.3) is 0 Å². The summed E-state index contributed by atoms with van der Waals surface area (Å²) in [6.07, 6.45) is -1.61. The molecule has 1 aliphatic heterocycles. The van der Waals surface area contributed by atoms with Gasteiger partial charge in [0.1, 0.15) is 105 Å². The van der Waals surface area contributed by atoms with Gasteiger partial charge in [0, 0.05) is 32.7 Å². The number of nitrogens with one attached hydrogen (secondary N) is 18. The number of rotatable bonds is 55. The van der Waals surface area contributed by atoms with Crippen molar-refractivity contribution in [2.75, 3.05) is 26.9 Å². The minimum Gasteiger partial charge on any atom is -0.469 e. The second-order valence-electron chi connectivity index (χ2n) is 39.9. The first-order valence-corrected chi connectivity index (χ1v) is 45.7. The maximum atomic E-state index is 14.7. The zero-order chi connectivity index (χ0) is 106. The second-order valence-corrected chi connectivity index (χ2v) is 39.9. The Morgan fingerprint density at radius 2 is 0.759 bits per heavy atom. The number of primary amides is 2. The highest BCUT2D eigenvalue weighted by molar-refractivity contribution is 6.05. The molecule has 0 bridgehead atoms. The number of nitrogens with two attached hydrogens (primary N) is 2. The van der Waals surface area contributed by atoms with Gasteiger partial charge in [-0.3, -0.25) is 105 Å². The first-order valence-electron chi connectivity index (χ1n) is 45.7. The summed E-state index contributed by atoms with van der Waals surface area (Å²) in [6, 6.07) is -6.29. The minimum atomic E-state index is -1.96. The van der Waals surface area contributed by atoms with E-state index in [1.807, 2.05) is 0 Å². The van der Waals surface area contributed by atoms with Gasteiger partial charge < -0.3 is 127 Å². The van der Waals surface area contributed by atoms with Gasteiger partial charge >= 0.3 is 5.97 Å². The molecule has 0 spiro atoms. The maximum Gasteiger partial charge on any atom is 0.305 e. The van der Waals surface area contributed by atoms with Crippen molar-refractivity contribution in [1.82, 2.24) is 101 Å². The van der Waals surface area contributed by atoms with E-state index in [1.165, 1.54) is 136 Å². The van der Waals surface area contributed by atoms with E-state index >= 15 is 0 Å². The van der Waals surface area contributed by atoms with Crippen molar-refractivity contribution in [3.05, 3.63) is 35.9 Å². The van der Waals surface area contributed by atoms with Crippen molar-refractivity contribution in [2.24, 2.45) is 29.2 Å². The third-order valence-electron chi connectivity index (χ3n) is 22.6. The predicted molar refractivity (Wildman–Crippen MR) is 500 cm³/mol. The van der Waals surface area contributed by atoms with E-state index in [4.69, 9.17) is 16.2 Å². The van der Waals surface area contributed by atoms with E-state index in [2.05, 4.69) is 95.7 Å². The molecule has 1 fully saturated rings. The van der Waals surface area contributed by atoms with Crippen LogP contribution in [0, 0.1) is 17.8 Å². The quantitative estimate of drug-likeness (QED) is 0.0276. The third-order valence-corrected chi connectivity index (χ3v) is 22.6. The molecule has 0 aliphatic carbocycles. The number of aliphatic hydroxyl groups is 2. The van der Waals surface area contributed by atoms with Gasteiger partial charge in [0.15, 0.2) is 0 Å². The summed E-state index contributed by atoms with van der Waals surface area (Å²) in [4.78, 5) is 302. The minimum absolute atomic E-state index is 0.00260. The molecular formula is C91H151N21O25. The summed E-state index contributed by atoms with van der Waals surface area (Å²) in [5.74, 6) is -20.6. The lowest BCUT2D eigenvalue weighted by Gasteiger charge is -2.36. The normalized spacial score (nSPS) is 15.5. The van der Waals surface area contributed by atoms with Crippen LogP contribution in [0.5, 0.6) is 0 Å². The van der Waals surface area contributed by atoms with Crippen LogP contribution >= 0.6 is 0 Å². The number of nitrogens with zero attached hydrogens (tertiary/aromatic N) is 1. The van der Waals surface area contributed by atoms with Crippen LogP contribution in [0.2, 0.25) is 0 Å². The van der Waals surface area contributed by atoms with Crippen LogP contribution in [-0.4, -0.2) is 283 Å². The van der Waals surface area contributed by atoms with Gasteiger partial charge in [-0.1, -0.05) is 78.3 Å². The fourth-order valence-corrected chi connectivity index (χ4v) is 13.8. The van der Waals surface area contributed by atoms with Crippen LogP contribution < -0.4 is 107 Å². The summed E-state index contributed by atoms with van der Waals surface area (Å²) in [7, 11) is 1.11. The molecule has 24 N–H and O–H groups in total. The van der Waals surface area contributed by atoms with Crippen LogP contribution in [0.1, 0.15) is 249 Å². The van der Waals surface area contributed by atoms with Gasteiger partial charge in [0.2, 0.25) is 124 Å². The van der Waals surface area contributed by atoms with Crippen molar-refractivity contribution < 1.29 is 120 Å². The fourth-order valence-electron chi connectivity index (χ4n) is 13.8. The topological polar surface area (TPSA) is 697 Å². The molecule has 21 amide bonds. The number of carbonyl (C=O) groups is 22. The number of aliphatic hydroxyl groups excluding tert-OH is 2. The Kier molecular flexibility index (Phi) is 45.9. The van der Waals surface area contributed by atoms with Crippen molar-refractivity contribution in [2.45, 2.75) is 361 Å². The molecule has 1 aromatic rings. The van der Waals surface area contributed by atoms with E-state index < -0.39 is 279 Å². The van der Waals surface area contributed by atoms with Crippen molar-refractivity contribution in [1.29, 1.82) is 0 Å². The Morgan fingerprint density at radius 1 is 0.394 bits per heavy atom. The van der Waals surface area contributed by atoms with E-state index in [0.29, 0.717) is 0 Å². The van der Waals surface area contributed by atoms with Crippen LogP contribution in [0.15, 0.2) is 30.3 Å². The number of amides is 21. The molecule has 46 heteroatoms. The molecule has 0 radical (unpaired) electrons. The Labute approximate surface area is 800 Å². The highest BCUT2D eigenvalue weighted by Crippen LogP contribution is 2.25. The highest BCUT2D eigenvalue weighted by atomic mass is 16.5. The highest BCUT2D eigenvalue weighted by Gasteiger charge is 2.48. The Balaban J connectivity index is 2.27. The number of esters is 1. The largest absolute Gasteiger partial charge is 0.469 e. The Bertz CT molecular complexity index is 4530. The first-order chi connectivity index (χ1) is 62.9. The van der Waals surface area contributed by atoms with Crippen LogP contribution in [0.25, 0.3) is 0 Å². The molecule has 137 heavy (non-hydrogen) atoms. The van der Waals surface area contributed by atoms with Crippen molar-refractivity contribution in [3.8, 4) is 0 Å². The number of benzene rings is 1. The first kappa shape index (κ1) is 121. The molecule has 1 heterocycles. The SMILES string of the molecule is CC[C@H](C)[C@H](NC(=O)C(C)(C)NC(=O)[C@H](CC(C)C)NC(=O)[C@@H]1CCCN1C(=O)C(C)(C)NC(=O)[C@H](CC(C)C)NC(=O)[C@H](CO)NC(=O)C(C)(C)NC(=O)C(C)(C)NC(=O)C(C)(C)NC(=O)[C@H](CCC(N)=O)NC(=O)C(C)(C)NC(=O)C(C)(C)NC(=O)[C@H](C)NC(=O)[C@H](C)NC(=O)C(C)(C)NC(C)=O)C(=O)N[C@@H](CCC(=O)OC)C(=O)N[C@@H](CCC(N)=O)C(=O)N[C@H](CO)Cc1ccccc1. The van der Waals surface area contributed by atoms with Gasteiger partial charge in [0.05, 0.1) is 26.4 Å². The van der Waals surface area contributed by atoms with Crippen LogP contribution in [0.3, 0.4) is 0 Å². The summed E-state index contributed by atoms with van der Waals surface area (Å²) >= 11 is 0. The second kappa shape index (κ2) is 52.1. The van der Waals surface area contributed by atoms with Crippen LogP contribution in [0.4, 0.5) is 0 Å². The summed E-state index contributed by atoms with van der Waals surface area (Å²) in [5, 5.41) is 66.4. The number of hydrogen-bond acceptors (Lipinski definition) is 25. The number of likely N-dealkylation sites (tertiary alicyclic amines) is 1. The van der Waals surface area contributed by atoms with Gasteiger partial charge in [-0.15, -0.1) is 0 Å². The van der Waals surface area contributed by atoms with Gasteiger partial charge in [-0.05, 0) is 199 Å². The smallest absolute Gasteiger partial charge is 0.305 e. The standard InChI is InChI=1S/C91H151N21O25/c1-27-49(6)65(75(128)98-56(37-40-64(118)137-26)69(122)97-55(35-38-62(92)116)68(121)96-54(45-113)44-53-32-29-28-30-33-53)103-79(132)85(12,13)107-72(125)59(43-48(4)5)100-74(127)61-34-31-41-112(61)83(136)91(24,25)108-73(126)58(42-47(2)3)99-70(123)60(46-114)102-78(131)87(16,17)110-82(135)90(22,23)111-81(134)89(20,21)106-71(124)57(36-39-63(93)117)101-77(130)86(14,15)109-80(133)88(18,19)105-67(120)51(8)94-66(119)50(7)95-76(129)84(10,11)104-52(9)115/h28-30,32-33,47-51,54-61,65,113-114H,27,31,34-46H2,1-26H3,(H2,92,116)(H2,93,117)(H,94,119)(H,95,129)(H,96,121)(H,97,122)(H,98,128)(H,99,123)(H,100,127)(H,101,130)(H,102,131)(H,103,132)(H,104,115)(H,105,120)(H,106,124)(H,107,125)(H,108,126)(H,109,133)(H,110,135)(H,111,134)/t49-,50-,51-,54-,55-,56-,57-,58-,59-,60-,61-,65-/m0/s1. The van der Waals surface area contributed by atoms with Crippen molar-refractivity contribution >= 4 is 130 Å². The Morgan fingerprint density at radius 3 is 1.20 bits per heavy atom. The zero-order valence-electron chi connectivity index (χ0n) is 84.0. The number of methoxy groups -OCH3 is 1. The molecule has 46 nitrogen and oxygen atoms in total. The molecule has 0 unspecified atom stereocenters. The monoisotopic (exact) mass is 1940 g/mol.